The number of H-pyrrole nitrogens is 1. The van der Waals surface area contributed by atoms with E-state index in [1.54, 1.807) is 0 Å². The highest BCUT2D eigenvalue weighted by Crippen LogP contribution is 2.32. The number of nitrogens with one attached hydrogen (secondary N) is 1. The minimum absolute atomic E-state index is 0.647. The standard InChI is InChI=1S/C16H28N2/c1-4-5-6-7-8-9-15-17-14-11-12(2)10-13(3)16(14)18-15/h12-13H,4-11H2,1-3H3,(H,17,18). The smallest absolute Gasteiger partial charge is 0.106 e. The molecule has 0 spiro atoms. The number of nitrogens with zero attached hydrogens (tertiary/aromatic N) is 1. The quantitative estimate of drug-likeness (QED) is 0.732. The fraction of sp³-hybridized carbons (Fsp3) is 0.812. The summed E-state index contributed by atoms with van der Waals surface area (Å²) in [7, 11) is 0. The number of hydrogen-bond donors (Lipinski definition) is 1. The Balaban J connectivity index is 1.86. The number of rotatable bonds is 6. The van der Waals surface area contributed by atoms with E-state index in [2.05, 4.69) is 25.8 Å². The van der Waals surface area contributed by atoms with Gasteiger partial charge in [-0.05, 0) is 25.2 Å². The van der Waals surface area contributed by atoms with Crippen molar-refractivity contribution in [3.8, 4) is 0 Å². The van der Waals surface area contributed by atoms with Crippen LogP contribution in [0.5, 0.6) is 0 Å². The number of hydrogen-bond acceptors (Lipinski definition) is 1. The van der Waals surface area contributed by atoms with Crippen LogP contribution in [0.1, 0.15) is 82.4 Å². The third-order valence-corrected chi connectivity index (χ3v) is 4.15. The van der Waals surface area contributed by atoms with Crippen LogP contribution in [0.25, 0.3) is 0 Å². The second-order valence-electron chi connectivity index (χ2n) is 6.16. The number of unbranched alkanes of at least 4 members (excludes halogenated alkanes) is 4. The van der Waals surface area contributed by atoms with Crippen LogP contribution in [0.3, 0.4) is 0 Å². The van der Waals surface area contributed by atoms with Gasteiger partial charge in [0.25, 0.3) is 0 Å². The van der Waals surface area contributed by atoms with Crippen molar-refractivity contribution < 1.29 is 0 Å². The minimum atomic E-state index is 0.647. The molecule has 0 bridgehead atoms. The van der Waals surface area contributed by atoms with Crippen LogP contribution in [-0.4, -0.2) is 9.97 Å². The van der Waals surface area contributed by atoms with Crippen molar-refractivity contribution in [3.05, 3.63) is 17.2 Å². The highest BCUT2D eigenvalue weighted by molar-refractivity contribution is 5.22. The summed E-state index contributed by atoms with van der Waals surface area (Å²) in [6.07, 6.45) is 10.4. The van der Waals surface area contributed by atoms with E-state index in [1.165, 1.54) is 62.2 Å². The zero-order valence-electron chi connectivity index (χ0n) is 12.3. The van der Waals surface area contributed by atoms with Crippen LogP contribution >= 0.6 is 0 Å². The van der Waals surface area contributed by atoms with Crippen LogP contribution in [0, 0.1) is 5.92 Å². The average Bonchev–Trinajstić information content (AvgIpc) is 2.72. The first-order chi connectivity index (χ1) is 8.70. The first-order valence-corrected chi connectivity index (χ1v) is 7.78. The Morgan fingerprint density at radius 1 is 1.17 bits per heavy atom. The summed E-state index contributed by atoms with van der Waals surface area (Å²) in [6.45, 7) is 6.94. The van der Waals surface area contributed by atoms with Crippen LogP contribution in [0.15, 0.2) is 0 Å². The molecule has 18 heavy (non-hydrogen) atoms. The van der Waals surface area contributed by atoms with E-state index in [0.717, 1.165) is 12.3 Å². The fourth-order valence-electron chi connectivity index (χ4n) is 3.20. The van der Waals surface area contributed by atoms with Gasteiger partial charge in [-0.25, -0.2) is 4.98 Å². The first-order valence-electron chi connectivity index (χ1n) is 7.78. The molecule has 2 heteroatoms. The zero-order chi connectivity index (χ0) is 13.0. The average molecular weight is 248 g/mol. The topological polar surface area (TPSA) is 28.7 Å². The molecule has 102 valence electrons. The summed E-state index contributed by atoms with van der Waals surface area (Å²) in [4.78, 5) is 8.40. The number of imidazole rings is 1. The molecular formula is C16H28N2. The van der Waals surface area contributed by atoms with E-state index in [9.17, 15) is 0 Å². The molecule has 1 N–H and O–H groups in total. The molecule has 0 fully saturated rings. The van der Waals surface area contributed by atoms with Gasteiger partial charge in [-0.3, -0.25) is 0 Å². The van der Waals surface area contributed by atoms with Gasteiger partial charge >= 0.3 is 0 Å². The maximum Gasteiger partial charge on any atom is 0.106 e. The first kappa shape index (κ1) is 13.6. The van der Waals surface area contributed by atoms with E-state index in [0.29, 0.717) is 5.92 Å². The van der Waals surface area contributed by atoms with Crippen LogP contribution < -0.4 is 0 Å². The fourth-order valence-corrected chi connectivity index (χ4v) is 3.20. The van der Waals surface area contributed by atoms with E-state index in [1.807, 2.05) is 0 Å². The van der Waals surface area contributed by atoms with Gasteiger partial charge in [-0.1, -0.05) is 46.5 Å². The van der Waals surface area contributed by atoms with Crippen molar-refractivity contribution in [3.63, 3.8) is 0 Å². The van der Waals surface area contributed by atoms with E-state index in [4.69, 9.17) is 4.98 Å². The summed E-state index contributed by atoms with van der Waals surface area (Å²) >= 11 is 0. The highest BCUT2D eigenvalue weighted by Gasteiger charge is 2.24. The second kappa shape index (κ2) is 6.40. The zero-order valence-corrected chi connectivity index (χ0v) is 12.3. The van der Waals surface area contributed by atoms with Crippen molar-refractivity contribution in [2.75, 3.05) is 0 Å². The highest BCUT2D eigenvalue weighted by atomic mass is 14.9. The summed E-state index contributed by atoms with van der Waals surface area (Å²) in [5.74, 6) is 2.69. The van der Waals surface area contributed by atoms with Gasteiger partial charge in [0.15, 0.2) is 0 Å². The van der Waals surface area contributed by atoms with Crippen LogP contribution in [0.2, 0.25) is 0 Å². The predicted octanol–water partition coefficient (Wildman–Crippen LogP) is 4.61. The Labute approximate surface area is 112 Å². The molecule has 2 unspecified atom stereocenters. The lowest BCUT2D eigenvalue weighted by atomic mass is 9.84. The molecule has 1 aliphatic rings. The van der Waals surface area contributed by atoms with Gasteiger partial charge in [0, 0.05) is 18.0 Å². The third kappa shape index (κ3) is 3.37. The van der Waals surface area contributed by atoms with Gasteiger partial charge in [0.05, 0.1) is 5.69 Å². The molecule has 2 atom stereocenters. The summed E-state index contributed by atoms with van der Waals surface area (Å²) in [6, 6.07) is 0. The summed E-state index contributed by atoms with van der Waals surface area (Å²) < 4.78 is 0. The lowest BCUT2D eigenvalue weighted by molar-refractivity contribution is 0.440. The molecule has 2 nitrogen and oxygen atoms in total. The third-order valence-electron chi connectivity index (χ3n) is 4.15. The number of aromatic amines is 1. The summed E-state index contributed by atoms with van der Waals surface area (Å²) in [5, 5.41) is 0. The Morgan fingerprint density at radius 2 is 1.94 bits per heavy atom. The number of aryl methyl sites for hydroxylation is 1. The Bertz CT molecular complexity index is 367. The number of aromatic nitrogens is 2. The van der Waals surface area contributed by atoms with E-state index in [-0.39, 0.29) is 0 Å². The largest absolute Gasteiger partial charge is 0.346 e. The summed E-state index contributed by atoms with van der Waals surface area (Å²) in [5.41, 5.74) is 2.78. The SMILES string of the molecule is CCCCCCCc1nc2c([nH]1)CC(C)CC2C. The van der Waals surface area contributed by atoms with Gasteiger partial charge in [-0.15, -0.1) is 0 Å². The molecule has 0 saturated carbocycles. The molecule has 0 amide bonds. The molecular weight excluding hydrogens is 220 g/mol. The molecule has 0 radical (unpaired) electrons. The lowest BCUT2D eigenvalue weighted by Gasteiger charge is -2.22. The van der Waals surface area contributed by atoms with Gasteiger partial charge in [-0.2, -0.15) is 0 Å². The molecule has 1 aromatic rings. The molecule has 1 aliphatic carbocycles. The van der Waals surface area contributed by atoms with Crippen LogP contribution in [0.4, 0.5) is 0 Å². The molecule has 0 saturated heterocycles. The van der Waals surface area contributed by atoms with Gasteiger partial charge in [0.1, 0.15) is 5.82 Å². The maximum atomic E-state index is 4.83. The molecule has 0 aliphatic heterocycles. The predicted molar refractivity (Wildman–Crippen MR) is 77.0 cm³/mol. The molecule has 1 heterocycles. The van der Waals surface area contributed by atoms with Crippen molar-refractivity contribution in [2.45, 2.75) is 78.1 Å². The van der Waals surface area contributed by atoms with Gasteiger partial charge < -0.3 is 4.98 Å². The van der Waals surface area contributed by atoms with Crippen molar-refractivity contribution in [2.24, 2.45) is 5.92 Å². The van der Waals surface area contributed by atoms with E-state index >= 15 is 0 Å². The maximum absolute atomic E-state index is 4.83. The molecule has 1 aromatic heterocycles. The lowest BCUT2D eigenvalue weighted by Crippen LogP contribution is -2.14. The minimum Gasteiger partial charge on any atom is -0.346 e. The van der Waals surface area contributed by atoms with Crippen LogP contribution in [-0.2, 0) is 12.8 Å². The number of fused-ring (bicyclic) bond motifs is 1. The Morgan fingerprint density at radius 3 is 2.72 bits per heavy atom. The Kier molecular flexibility index (Phi) is 4.85. The van der Waals surface area contributed by atoms with Gasteiger partial charge in [0.2, 0.25) is 0 Å². The Hall–Kier alpha value is -0.790. The monoisotopic (exact) mass is 248 g/mol. The van der Waals surface area contributed by atoms with Crippen molar-refractivity contribution in [1.29, 1.82) is 0 Å². The van der Waals surface area contributed by atoms with Crippen molar-refractivity contribution in [1.82, 2.24) is 9.97 Å². The van der Waals surface area contributed by atoms with E-state index < -0.39 is 0 Å². The second-order valence-corrected chi connectivity index (χ2v) is 6.16. The molecule has 2 rings (SSSR count). The van der Waals surface area contributed by atoms with Crippen molar-refractivity contribution >= 4 is 0 Å². The molecule has 0 aromatic carbocycles. The normalized spacial score (nSPS) is 23.1.